The van der Waals surface area contributed by atoms with Crippen LogP contribution in [-0.4, -0.2) is 35.7 Å². The van der Waals surface area contributed by atoms with Gasteiger partial charge in [0.2, 0.25) is 0 Å². The zero-order valence-corrected chi connectivity index (χ0v) is 14.4. The third-order valence-corrected chi connectivity index (χ3v) is 3.94. The van der Waals surface area contributed by atoms with Gasteiger partial charge in [0.25, 0.3) is 0 Å². The number of anilines is 1. The van der Waals surface area contributed by atoms with E-state index in [1.165, 1.54) is 0 Å². The van der Waals surface area contributed by atoms with Crippen molar-refractivity contribution in [1.82, 2.24) is 10.3 Å². The predicted molar refractivity (Wildman–Crippen MR) is 99.1 cm³/mol. The molecule has 0 aliphatic rings. The minimum Gasteiger partial charge on any atom is -0.481 e. The maximum Gasteiger partial charge on any atom is 0.307 e. The fourth-order valence-corrected chi connectivity index (χ4v) is 2.63. The third kappa shape index (κ3) is 6.52. The van der Waals surface area contributed by atoms with Crippen molar-refractivity contribution in [2.24, 2.45) is 0 Å². The fraction of sp³-hybridized carbons (Fsp3) is 0.333. The number of pyridine rings is 1. The maximum absolute atomic E-state index is 10.7. The van der Waals surface area contributed by atoms with Gasteiger partial charge in [-0.25, -0.2) is 0 Å². The summed E-state index contributed by atoms with van der Waals surface area (Å²) in [6.45, 7) is 2.66. The zero-order chi connectivity index (χ0) is 17.2. The van der Waals surface area contributed by atoms with Crippen LogP contribution in [-0.2, 0) is 17.6 Å². The van der Waals surface area contributed by atoms with Crippen molar-refractivity contribution in [3.8, 4) is 0 Å². The van der Waals surface area contributed by atoms with Crippen LogP contribution in [0, 0.1) is 4.64 Å². The molecule has 0 aliphatic carbocycles. The molecule has 0 atom stereocenters. The average molecular weight is 345 g/mol. The summed E-state index contributed by atoms with van der Waals surface area (Å²) in [5, 5.41) is 15.5. The summed E-state index contributed by atoms with van der Waals surface area (Å²) in [6.07, 6.45) is 3.79. The van der Waals surface area contributed by atoms with E-state index in [0.717, 1.165) is 53.9 Å². The van der Waals surface area contributed by atoms with E-state index in [1.54, 1.807) is 0 Å². The summed E-state index contributed by atoms with van der Waals surface area (Å²) >= 11 is 5.19. The number of hydrogen-bond donors (Lipinski definition) is 4. The van der Waals surface area contributed by atoms with Crippen LogP contribution in [0.15, 0.2) is 42.6 Å². The molecule has 128 valence electrons. The summed E-state index contributed by atoms with van der Waals surface area (Å²) in [5.74, 6) is -0.795. The first kappa shape index (κ1) is 18.2. The van der Waals surface area contributed by atoms with E-state index in [4.69, 9.17) is 17.3 Å². The summed E-state index contributed by atoms with van der Waals surface area (Å²) in [6, 6.07) is 11.7. The number of hydrogen-bond acceptors (Lipinski definition) is 4. The van der Waals surface area contributed by atoms with Crippen molar-refractivity contribution in [2.45, 2.75) is 19.3 Å². The molecule has 2 aromatic rings. The third-order valence-electron chi connectivity index (χ3n) is 3.60. The lowest BCUT2D eigenvalue weighted by atomic mass is 10.1. The van der Waals surface area contributed by atoms with Crippen molar-refractivity contribution in [2.75, 3.05) is 25.0 Å². The van der Waals surface area contributed by atoms with Gasteiger partial charge in [-0.3, -0.25) is 4.79 Å². The Labute approximate surface area is 147 Å². The van der Waals surface area contributed by atoms with Crippen LogP contribution in [0.1, 0.15) is 17.5 Å². The van der Waals surface area contributed by atoms with Crippen LogP contribution in [0.3, 0.4) is 0 Å². The van der Waals surface area contributed by atoms with E-state index in [9.17, 15) is 4.79 Å². The van der Waals surface area contributed by atoms with Crippen LogP contribution in [0.4, 0.5) is 5.69 Å². The van der Waals surface area contributed by atoms with Gasteiger partial charge >= 0.3 is 5.97 Å². The Balaban J connectivity index is 1.61. The Morgan fingerprint density at radius 1 is 1.12 bits per heavy atom. The highest BCUT2D eigenvalue weighted by Gasteiger charge is 2.01. The van der Waals surface area contributed by atoms with Gasteiger partial charge in [0.05, 0.1) is 12.1 Å². The Hall–Kier alpha value is -2.18. The van der Waals surface area contributed by atoms with Gasteiger partial charge in [0, 0.05) is 12.7 Å². The second-order valence-electron chi connectivity index (χ2n) is 5.58. The van der Waals surface area contributed by atoms with Crippen molar-refractivity contribution >= 4 is 23.9 Å². The number of nitrogens with one attached hydrogen (secondary N) is 3. The summed E-state index contributed by atoms with van der Waals surface area (Å²) in [4.78, 5) is 13.7. The fourth-order valence-electron chi connectivity index (χ4n) is 2.42. The Kier molecular flexibility index (Phi) is 7.45. The molecule has 0 saturated heterocycles. The van der Waals surface area contributed by atoms with Crippen molar-refractivity contribution < 1.29 is 9.90 Å². The smallest absolute Gasteiger partial charge is 0.307 e. The molecule has 2 rings (SSSR count). The Bertz CT molecular complexity index is 715. The molecule has 0 aliphatic heterocycles. The van der Waals surface area contributed by atoms with Gasteiger partial charge in [-0.2, -0.15) is 0 Å². The van der Waals surface area contributed by atoms with Crippen LogP contribution < -0.4 is 10.6 Å². The molecule has 0 spiro atoms. The number of H-pyrrole nitrogens is 1. The summed E-state index contributed by atoms with van der Waals surface area (Å²) in [5.41, 5.74) is 2.97. The summed E-state index contributed by atoms with van der Waals surface area (Å²) < 4.78 is 0.728. The zero-order valence-electron chi connectivity index (χ0n) is 13.5. The second-order valence-corrected chi connectivity index (χ2v) is 5.99. The van der Waals surface area contributed by atoms with Crippen LogP contribution in [0.5, 0.6) is 0 Å². The van der Waals surface area contributed by atoms with E-state index < -0.39 is 5.97 Å². The molecule has 1 aromatic carbocycles. The van der Waals surface area contributed by atoms with Crippen LogP contribution >= 0.6 is 12.2 Å². The lowest BCUT2D eigenvalue weighted by Crippen LogP contribution is -2.20. The molecule has 1 heterocycles. The van der Waals surface area contributed by atoms with Gasteiger partial charge < -0.3 is 20.7 Å². The monoisotopic (exact) mass is 345 g/mol. The second kappa shape index (κ2) is 9.85. The van der Waals surface area contributed by atoms with E-state index >= 15 is 0 Å². The Morgan fingerprint density at radius 3 is 2.75 bits per heavy atom. The van der Waals surface area contributed by atoms with E-state index in [1.807, 2.05) is 42.6 Å². The number of carboxylic acids is 1. The topological polar surface area (TPSA) is 77.2 Å². The molecule has 1 aromatic heterocycles. The van der Waals surface area contributed by atoms with Crippen LogP contribution in [0.25, 0.3) is 0 Å². The molecule has 0 radical (unpaired) electrons. The first-order valence-corrected chi connectivity index (χ1v) is 8.48. The largest absolute Gasteiger partial charge is 0.481 e. The quantitative estimate of drug-likeness (QED) is 0.393. The summed E-state index contributed by atoms with van der Waals surface area (Å²) in [7, 11) is 0. The lowest BCUT2D eigenvalue weighted by Gasteiger charge is -2.08. The van der Waals surface area contributed by atoms with E-state index in [-0.39, 0.29) is 6.42 Å². The Morgan fingerprint density at radius 2 is 1.96 bits per heavy atom. The lowest BCUT2D eigenvalue weighted by molar-refractivity contribution is -0.136. The number of carboxylic acid groups (broad SMARTS) is 1. The predicted octanol–water partition coefficient (Wildman–Crippen LogP) is 3.01. The first-order valence-electron chi connectivity index (χ1n) is 8.07. The van der Waals surface area contributed by atoms with Crippen LogP contribution in [0.2, 0.25) is 0 Å². The van der Waals surface area contributed by atoms with Gasteiger partial charge in [-0.15, -0.1) is 0 Å². The standard InChI is InChI=1S/C18H23N3O2S/c22-17(23)13-15-5-1-4-14(12-15)7-11-19-8-3-10-20-16-6-2-9-21-18(16)24/h1-2,4-6,9,12,19-20H,3,7-8,10-11,13H2,(H,21,24)(H,22,23). The molecule has 6 heteroatoms. The SMILES string of the molecule is O=C(O)Cc1cccc(CCNCCCNc2ccc[nH]c2=S)c1. The molecular weight excluding hydrogens is 322 g/mol. The molecule has 5 nitrogen and oxygen atoms in total. The minimum atomic E-state index is -0.795. The maximum atomic E-state index is 10.7. The molecule has 24 heavy (non-hydrogen) atoms. The first-order chi connectivity index (χ1) is 11.6. The average Bonchev–Trinajstić information content (AvgIpc) is 2.55. The van der Waals surface area contributed by atoms with Gasteiger partial charge in [0.15, 0.2) is 0 Å². The van der Waals surface area contributed by atoms with E-state index in [2.05, 4.69) is 15.6 Å². The number of aromatic amines is 1. The molecule has 0 amide bonds. The number of carbonyl (C=O) groups is 1. The van der Waals surface area contributed by atoms with E-state index in [0.29, 0.717) is 0 Å². The number of aliphatic carboxylic acids is 1. The minimum absolute atomic E-state index is 0.0781. The number of aromatic nitrogens is 1. The highest BCUT2D eigenvalue weighted by Crippen LogP contribution is 2.07. The normalized spacial score (nSPS) is 10.5. The highest BCUT2D eigenvalue weighted by atomic mass is 32.1. The van der Waals surface area contributed by atoms with Gasteiger partial charge in [0.1, 0.15) is 4.64 Å². The van der Waals surface area contributed by atoms with Crippen molar-refractivity contribution in [1.29, 1.82) is 0 Å². The molecule has 0 bridgehead atoms. The molecule has 0 fully saturated rings. The number of benzene rings is 1. The molecule has 4 N–H and O–H groups in total. The van der Waals surface area contributed by atoms with Crippen molar-refractivity contribution in [3.05, 3.63) is 58.4 Å². The van der Waals surface area contributed by atoms with Gasteiger partial charge in [-0.1, -0.05) is 36.5 Å². The van der Waals surface area contributed by atoms with Gasteiger partial charge in [-0.05, 0) is 49.2 Å². The molecule has 0 unspecified atom stereocenters. The molecular formula is C18H23N3O2S. The highest BCUT2D eigenvalue weighted by molar-refractivity contribution is 7.71. The number of rotatable bonds is 10. The van der Waals surface area contributed by atoms with Crippen molar-refractivity contribution in [3.63, 3.8) is 0 Å². The molecule has 0 saturated carbocycles.